The predicted molar refractivity (Wildman–Crippen MR) is 78.6 cm³/mol. The molecule has 1 aromatic heterocycles. The van der Waals surface area contributed by atoms with Crippen molar-refractivity contribution in [1.29, 1.82) is 0 Å². The van der Waals surface area contributed by atoms with Crippen LogP contribution >= 0.6 is 12.4 Å². The summed E-state index contributed by atoms with van der Waals surface area (Å²) in [5, 5.41) is 0. The molecule has 0 saturated carbocycles. The van der Waals surface area contributed by atoms with E-state index in [0.29, 0.717) is 0 Å². The first-order chi connectivity index (χ1) is 8.29. The molecule has 104 valence electrons. The minimum Gasteiger partial charge on any atom is -0.446 e. The van der Waals surface area contributed by atoms with Gasteiger partial charge in [0.1, 0.15) is 5.76 Å². The van der Waals surface area contributed by atoms with Crippen LogP contribution in [0, 0.1) is 0 Å². The lowest BCUT2D eigenvalue weighted by molar-refractivity contribution is 0.472. The summed E-state index contributed by atoms with van der Waals surface area (Å²) < 4.78 is 5.90. The van der Waals surface area contributed by atoms with Crippen molar-refractivity contribution >= 4 is 18.3 Å². The summed E-state index contributed by atoms with van der Waals surface area (Å²) in [5.41, 5.74) is 5.94. The largest absolute Gasteiger partial charge is 0.446 e. The zero-order valence-electron chi connectivity index (χ0n) is 11.2. The highest BCUT2D eigenvalue weighted by atomic mass is 35.5. The lowest BCUT2D eigenvalue weighted by Crippen LogP contribution is -2.23. The molecule has 0 aliphatic carbocycles. The quantitative estimate of drug-likeness (QED) is 0.914. The van der Waals surface area contributed by atoms with Gasteiger partial charge in [-0.25, -0.2) is 0 Å². The van der Waals surface area contributed by atoms with E-state index in [-0.39, 0.29) is 18.4 Å². The molecular formula is C14H25ClN2O. The molecule has 2 N–H and O–H groups in total. The van der Waals surface area contributed by atoms with Gasteiger partial charge in [-0.2, -0.15) is 0 Å². The van der Waals surface area contributed by atoms with Gasteiger partial charge in [0.2, 0.25) is 0 Å². The maximum Gasteiger partial charge on any atom is 0.195 e. The third-order valence-corrected chi connectivity index (χ3v) is 3.55. The van der Waals surface area contributed by atoms with E-state index in [9.17, 15) is 0 Å². The van der Waals surface area contributed by atoms with Gasteiger partial charge in [-0.05, 0) is 25.3 Å². The predicted octanol–water partition coefficient (Wildman–Crippen LogP) is 3.36. The summed E-state index contributed by atoms with van der Waals surface area (Å²) >= 11 is 0. The topological polar surface area (TPSA) is 42.4 Å². The highest BCUT2D eigenvalue weighted by Crippen LogP contribution is 2.22. The van der Waals surface area contributed by atoms with Crippen molar-refractivity contribution in [1.82, 2.24) is 0 Å². The van der Waals surface area contributed by atoms with Crippen LogP contribution < -0.4 is 10.6 Å². The minimum absolute atomic E-state index is 0. The molecule has 1 unspecified atom stereocenters. The molecule has 1 aliphatic heterocycles. The maximum atomic E-state index is 5.94. The number of anilines is 1. The Morgan fingerprint density at radius 2 is 1.89 bits per heavy atom. The SMILES string of the molecule is CCC(N)Cc1ccc(N2CCCCCC2)o1.Cl. The Bertz CT molecular complexity index is 332. The van der Waals surface area contributed by atoms with Gasteiger partial charge in [-0.15, -0.1) is 12.4 Å². The molecule has 4 heteroatoms. The van der Waals surface area contributed by atoms with Gasteiger partial charge in [-0.1, -0.05) is 19.8 Å². The summed E-state index contributed by atoms with van der Waals surface area (Å²) in [6, 6.07) is 4.40. The van der Waals surface area contributed by atoms with Crippen LogP contribution in [0.25, 0.3) is 0 Å². The third kappa shape index (κ3) is 4.21. The summed E-state index contributed by atoms with van der Waals surface area (Å²) in [4.78, 5) is 2.37. The summed E-state index contributed by atoms with van der Waals surface area (Å²) in [5.74, 6) is 2.06. The first-order valence-electron chi connectivity index (χ1n) is 6.89. The Morgan fingerprint density at radius 1 is 1.22 bits per heavy atom. The molecule has 2 rings (SSSR count). The van der Waals surface area contributed by atoms with Crippen LogP contribution in [0.5, 0.6) is 0 Å². The van der Waals surface area contributed by atoms with Crippen LogP contribution in [0.4, 0.5) is 5.88 Å². The first-order valence-corrected chi connectivity index (χ1v) is 6.89. The van der Waals surface area contributed by atoms with Crippen LogP contribution in [0.2, 0.25) is 0 Å². The lowest BCUT2D eigenvalue weighted by atomic mass is 10.1. The first kappa shape index (κ1) is 15.4. The smallest absolute Gasteiger partial charge is 0.195 e. The molecule has 1 atom stereocenters. The number of halogens is 1. The Hall–Kier alpha value is -0.670. The molecular weight excluding hydrogens is 248 g/mol. The van der Waals surface area contributed by atoms with Crippen LogP contribution in [-0.4, -0.2) is 19.1 Å². The average Bonchev–Trinajstić information content (AvgIpc) is 2.63. The van der Waals surface area contributed by atoms with Gasteiger partial charge in [0, 0.05) is 31.6 Å². The van der Waals surface area contributed by atoms with Gasteiger partial charge in [0.05, 0.1) is 0 Å². The third-order valence-electron chi connectivity index (χ3n) is 3.55. The van der Waals surface area contributed by atoms with Crippen LogP contribution in [-0.2, 0) is 6.42 Å². The molecule has 1 aromatic rings. The van der Waals surface area contributed by atoms with E-state index >= 15 is 0 Å². The van der Waals surface area contributed by atoms with E-state index < -0.39 is 0 Å². The average molecular weight is 273 g/mol. The highest BCUT2D eigenvalue weighted by molar-refractivity contribution is 5.85. The minimum atomic E-state index is 0. The van der Waals surface area contributed by atoms with Crippen molar-refractivity contribution in [3.63, 3.8) is 0 Å². The van der Waals surface area contributed by atoms with Crippen molar-refractivity contribution in [2.45, 2.75) is 51.5 Å². The highest BCUT2D eigenvalue weighted by Gasteiger charge is 2.14. The Labute approximate surface area is 116 Å². The zero-order chi connectivity index (χ0) is 12.1. The zero-order valence-corrected chi connectivity index (χ0v) is 12.0. The molecule has 0 spiro atoms. The van der Waals surface area contributed by atoms with E-state index in [1.54, 1.807) is 0 Å². The van der Waals surface area contributed by atoms with Crippen LogP contribution in [0.15, 0.2) is 16.5 Å². The molecule has 1 aliphatic rings. The molecule has 1 saturated heterocycles. The fraction of sp³-hybridized carbons (Fsp3) is 0.714. The molecule has 0 aromatic carbocycles. The summed E-state index contributed by atoms with van der Waals surface area (Å²) in [7, 11) is 0. The summed E-state index contributed by atoms with van der Waals surface area (Å²) in [6.07, 6.45) is 7.12. The normalized spacial score (nSPS) is 18.0. The Morgan fingerprint density at radius 3 is 2.50 bits per heavy atom. The number of hydrogen-bond acceptors (Lipinski definition) is 3. The van der Waals surface area contributed by atoms with Crippen molar-refractivity contribution in [2.24, 2.45) is 5.73 Å². The van der Waals surface area contributed by atoms with Gasteiger partial charge >= 0.3 is 0 Å². The van der Waals surface area contributed by atoms with Crippen molar-refractivity contribution < 1.29 is 4.42 Å². The Kier molecular flexibility index (Phi) is 6.58. The fourth-order valence-electron chi connectivity index (χ4n) is 2.34. The molecule has 0 radical (unpaired) electrons. The van der Waals surface area contributed by atoms with Gasteiger partial charge < -0.3 is 15.1 Å². The van der Waals surface area contributed by atoms with Crippen molar-refractivity contribution in [3.05, 3.63) is 17.9 Å². The number of furan rings is 1. The molecule has 0 amide bonds. The molecule has 2 heterocycles. The number of rotatable bonds is 4. The molecule has 0 bridgehead atoms. The van der Waals surface area contributed by atoms with Gasteiger partial charge in [-0.3, -0.25) is 0 Å². The van der Waals surface area contributed by atoms with E-state index in [4.69, 9.17) is 10.2 Å². The second-order valence-corrected chi connectivity index (χ2v) is 5.01. The summed E-state index contributed by atoms with van der Waals surface area (Å²) in [6.45, 7) is 4.38. The Balaban J connectivity index is 0.00000162. The van der Waals surface area contributed by atoms with E-state index in [2.05, 4.69) is 24.0 Å². The van der Waals surface area contributed by atoms with E-state index in [1.807, 2.05) is 0 Å². The lowest BCUT2D eigenvalue weighted by Gasteiger charge is -2.19. The number of nitrogens with zero attached hydrogens (tertiary/aromatic N) is 1. The molecule has 3 nitrogen and oxygen atoms in total. The second-order valence-electron chi connectivity index (χ2n) is 5.01. The van der Waals surface area contributed by atoms with Crippen molar-refractivity contribution in [3.8, 4) is 0 Å². The molecule has 18 heavy (non-hydrogen) atoms. The number of nitrogens with two attached hydrogens (primary N) is 1. The van der Waals surface area contributed by atoms with Gasteiger partial charge in [0.25, 0.3) is 0 Å². The van der Waals surface area contributed by atoms with Crippen LogP contribution in [0.1, 0.15) is 44.8 Å². The molecule has 1 fully saturated rings. The standard InChI is InChI=1S/C14H24N2O.ClH/c1-2-12(15)11-13-7-8-14(17-13)16-9-5-3-4-6-10-16;/h7-8,12H,2-6,9-11,15H2,1H3;1H. The maximum absolute atomic E-state index is 5.94. The van der Waals surface area contributed by atoms with Crippen LogP contribution in [0.3, 0.4) is 0 Å². The van der Waals surface area contributed by atoms with Gasteiger partial charge in [0.15, 0.2) is 5.88 Å². The second kappa shape index (κ2) is 7.70. The monoisotopic (exact) mass is 272 g/mol. The number of hydrogen-bond donors (Lipinski definition) is 1. The van der Waals surface area contributed by atoms with E-state index in [0.717, 1.165) is 37.6 Å². The van der Waals surface area contributed by atoms with Crippen molar-refractivity contribution in [2.75, 3.05) is 18.0 Å². The van der Waals surface area contributed by atoms with E-state index in [1.165, 1.54) is 25.7 Å². The fourth-order valence-corrected chi connectivity index (χ4v) is 2.34.